The number of carboxylic acid groups (broad SMARTS) is 1. The molecular weight excluding hydrogens is 350 g/mol. The zero-order valence-electron chi connectivity index (χ0n) is 15.7. The molecule has 3 aromatic carbocycles. The summed E-state index contributed by atoms with van der Waals surface area (Å²) in [6, 6.07) is 26.0. The second kappa shape index (κ2) is 9.42. The third-order valence-corrected chi connectivity index (χ3v) is 4.26. The number of carboxylic acids is 1. The molecule has 0 fully saturated rings. The molecule has 0 aliphatic carbocycles. The highest BCUT2D eigenvalue weighted by molar-refractivity contribution is 5.76. The Kier molecular flexibility index (Phi) is 6.47. The van der Waals surface area contributed by atoms with Crippen LogP contribution in [-0.2, 0) is 4.79 Å². The molecule has 0 heterocycles. The number of hydrogen-bond donors (Lipinski definition) is 2. The fourth-order valence-corrected chi connectivity index (χ4v) is 2.77. The van der Waals surface area contributed by atoms with Crippen LogP contribution in [0.4, 0.5) is 5.69 Å². The monoisotopic (exact) mass is 373 g/mol. The minimum atomic E-state index is -1.09. The lowest BCUT2D eigenvalue weighted by Crippen LogP contribution is -2.42. The van der Waals surface area contributed by atoms with E-state index in [-0.39, 0.29) is 0 Å². The van der Waals surface area contributed by atoms with Gasteiger partial charge in [0.2, 0.25) is 6.10 Å². The topological polar surface area (TPSA) is 58.6 Å². The maximum atomic E-state index is 12.0. The number of benzene rings is 3. The van der Waals surface area contributed by atoms with Crippen LogP contribution in [0.25, 0.3) is 6.08 Å². The van der Waals surface area contributed by atoms with Crippen LogP contribution in [0.3, 0.4) is 0 Å². The SMILES string of the molecule is Cc1ccc(N[C@@H](/C=C/c2ccccc2)[C@@H](Oc2ccccc2)C(=O)O)cc1. The number of carbonyl (C=O) groups is 1. The summed E-state index contributed by atoms with van der Waals surface area (Å²) >= 11 is 0. The summed E-state index contributed by atoms with van der Waals surface area (Å²) in [6.07, 6.45) is 2.64. The number of rotatable bonds is 8. The molecule has 142 valence electrons. The smallest absolute Gasteiger partial charge is 0.347 e. The van der Waals surface area contributed by atoms with Crippen LogP contribution >= 0.6 is 0 Å². The van der Waals surface area contributed by atoms with Gasteiger partial charge in [-0.2, -0.15) is 0 Å². The van der Waals surface area contributed by atoms with Gasteiger partial charge in [0.15, 0.2) is 0 Å². The molecule has 4 nitrogen and oxygen atoms in total. The van der Waals surface area contributed by atoms with Gasteiger partial charge >= 0.3 is 5.97 Å². The zero-order valence-corrected chi connectivity index (χ0v) is 15.7. The standard InChI is InChI=1S/C24H23NO3/c1-18-12-15-20(16-13-18)25-22(17-14-19-8-4-2-5-9-19)23(24(26)27)28-21-10-6-3-7-11-21/h2-17,22-23,25H,1H3,(H,26,27)/b17-14+/t22-,23+/m0/s1. The Morgan fingerprint density at radius 3 is 2.14 bits per heavy atom. The molecule has 3 rings (SSSR count). The van der Waals surface area contributed by atoms with Gasteiger partial charge in [-0.15, -0.1) is 0 Å². The molecule has 0 aliphatic heterocycles. The quantitative estimate of drug-likeness (QED) is 0.582. The Morgan fingerprint density at radius 2 is 1.54 bits per heavy atom. The van der Waals surface area contributed by atoms with E-state index < -0.39 is 18.1 Å². The number of nitrogens with one attached hydrogen (secondary N) is 1. The molecule has 3 aromatic rings. The normalized spacial score (nSPS) is 13.0. The summed E-state index contributed by atoms with van der Waals surface area (Å²) in [7, 11) is 0. The molecule has 0 unspecified atom stereocenters. The molecule has 28 heavy (non-hydrogen) atoms. The van der Waals surface area contributed by atoms with Crippen LogP contribution in [0.2, 0.25) is 0 Å². The van der Waals surface area contributed by atoms with Crippen molar-refractivity contribution < 1.29 is 14.6 Å². The molecule has 0 radical (unpaired) electrons. The van der Waals surface area contributed by atoms with Gasteiger partial charge in [-0.05, 0) is 36.8 Å². The summed E-state index contributed by atoms with van der Waals surface area (Å²) < 4.78 is 5.81. The minimum Gasteiger partial charge on any atom is -0.478 e. The molecule has 0 aromatic heterocycles. The highest BCUT2D eigenvalue weighted by Gasteiger charge is 2.28. The van der Waals surface area contributed by atoms with Crippen molar-refractivity contribution in [1.82, 2.24) is 0 Å². The van der Waals surface area contributed by atoms with Gasteiger partial charge in [-0.25, -0.2) is 4.79 Å². The molecular formula is C24H23NO3. The number of aliphatic carboxylic acids is 1. The highest BCUT2D eigenvalue weighted by Crippen LogP contribution is 2.18. The van der Waals surface area contributed by atoms with Gasteiger partial charge in [0, 0.05) is 5.69 Å². The Balaban J connectivity index is 1.88. The fraction of sp³-hybridized carbons (Fsp3) is 0.125. The molecule has 0 saturated carbocycles. The van der Waals surface area contributed by atoms with Crippen molar-refractivity contribution in [3.05, 3.63) is 102 Å². The summed E-state index contributed by atoms with van der Waals surface area (Å²) in [4.78, 5) is 12.0. The lowest BCUT2D eigenvalue weighted by molar-refractivity contribution is -0.145. The molecule has 0 aliphatic rings. The van der Waals surface area contributed by atoms with Crippen LogP contribution in [0, 0.1) is 6.92 Å². The molecule has 0 spiro atoms. The lowest BCUT2D eigenvalue weighted by Gasteiger charge is -2.24. The van der Waals surface area contributed by atoms with E-state index in [2.05, 4.69) is 5.32 Å². The van der Waals surface area contributed by atoms with Crippen LogP contribution in [0.15, 0.2) is 91.0 Å². The summed E-state index contributed by atoms with van der Waals surface area (Å²) in [5, 5.41) is 13.1. The van der Waals surface area contributed by atoms with Crippen LogP contribution in [0.1, 0.15) is 11.1 Å². The van der Waals surface area contributed by atoms with Crippen molar-refractivity contribution >= 4 is 17.7 Å². The molecule has 2 N–H and O–H groups in total. The largest absolute Gasteiger partial charge is 0.478 e. The Hall–Kier alpha value is -3.53. The van der Waals surface area contributed by atoms with Gasteiger partial charge < -0.3 is 15.2 Å². The van der Waals surface area contributed by atoms with Crippen molar-refractivity contribution in [1.29, 1.82) is 0 Å². The van der Waals surface area contributed by atoms with E-state index in [0.717, 1.165) is 16.8 Å². The van der Waals surface area contributed by atoms with Gasteiger partial charge in [0.05, 0.1) is 6.04 Å². The number of aryl methyl sites for hydroxylation is 1. The molecule has 0 amide bonds. The van der Waals surface area contributed by atoms with Crippen LogP contribution in [0.5, 0.6) is 5.75 Å². The van der Waals surface area contributed by atoms with Crippen molar-refractivity contribution in [2.24, 2.45) is 0 Å². The van der Waals surface area contributed by atoms with E-state index in [4.69, 9.17) is 4.74 Å². The van der Waals surface area contributed by atoms with Gasteiger partial charge in [-0.3, -0.25) is 0 Å². The van der Waals surface area contributed by atoms with Crippen molar-refractivity contribution in [2.75, 3.05) is 5.32 Å². The first-order valence-corrected chi connectivity index (χ1v) is 9.13. The second-order valence-corrected chi connectivity index (χ2v) is 6.50. The molecule has 0 saturated heterocycles. The molecule has 4 heteroatoms. The van der Waals surface area contributed by atoms with E-state index in [9.17, 15) is 9.90 Å². The Bertz CT molecular complexity index is 906. The van der Waals surface area contributed by atoms with E-state index in [1.165, 1.54) is 0 Å². The van der Waals surface area contributed by atoms with Crippen molar-refractivity contribution in [2.45, 2.75) is 19.1 Å². The molecule has 0 bridgehead atoms. The minimum absolute atomic E-state index is 0.513. The van der Waals surface area contributed by atoms with E-state index in [1.807, 2.05) is 91.9 Å². The fourth-order valence-electron chi connectivity index (χ4n) is 2.77. The van der Waals surface area contributed by atoms with E-state index >= 15 is 0 Å². The number of ether oxygens (including phenoxy) is 1. The Morgan fingerprint density at radius 1 is 0.929 bits per heavy atom. The highest BCUT2D eigenvalue weighted by atomic mass is 16.5. The first-order valence-electron chi connectivity index (χ1n) is 9.13. The second-order valence-electron chi connectivity index (χ2n) is 6.50. The first kappa shape index (κ1) is 19.2. The predicted molar refractivity (Wildman–Crippen MR) is 113 cm³/mol. The average Bonchev–Trinajstić information content (AvgIpc) is 2.72. The summed E-state index contributed by atoms with van der Waals surface area (Å²) in [5.74, 6) is -0.523. The van der Waals surface area contributed by atoms with E-state index in [0.29, 0.717) is 5.75 Å². The Labute approximate surface area is 165 Å². The van der Waals surface area contributed by atoms with Crippen molar-refractivity contribution in [3.63, 3.8) is 0 Å². The van der Waals surface area contributed by atoms with E-state index in [1.54, 1.807) is 12.1 Å². The van der Waals surface area contributed by atoms with Crippen LogP contribution < -0.4 is 10.1 Å². The number of anilines is 1. The maximum Gasteiger partial charge on any atom is 0.347 e. The summed E-state index contributed by atoms with van der Waals surface area (Å²) in [6.45, 7) is 2.01. The zero-order chi connectivity index (χ0) is 19.8. The first-order chi connectivity index (χ1) is 13.6. The van der Waals surface area contributed by atoms with Gasteiger partial charge in [0.1, 0.15) is 5.75 Å². The third-order valence-electron chi connectivity index (χ3n) is 4.26. The number of para-hydroxylation sites is 1. The maximum absolute atomic E-state index is 12.0. The van der Waals surface area contributed by atoms with Crippen LogP contribution in [-0.4, -0.2) is 23.2 Å². The van der Waals surface area contributed by atoms with Gasteiger partial charge in [-0.1, -0.05) is 78.4 Å². The van der Waals surface area contributed by atoms with Crippen molar-refractivity contribution in [3.8, 4) is 5.75 Å². The number of hydrogen-bond acceptors (Lipinski definition) is 3. The third kappa shape index (κ3) is 5.48. The average molecular weight is 373 g/mol. The summed E-state index contributed by atoms with van der Waals surface area (Å²) in [5.41, 5.74) is 2.95. The molecule has 2 atom stereocenters. The lowest BCUT2D eigenvalue weighted by atomic mass is 10.1. The van der Waals surface area contributed by atoms with Gasteiger partial charge in [0.25, 0.3) is 0 Å². The predicted octanol–water partition coefficient (Wildman–Crippen LogP) is 5.02.